The van der Waals surface area contributed by atoms with Gasteiger partial charge in [-0.05, 0) is 38.8 Å². The fourth-order valence-corrected chi connectivity index (χ4v) is 2.30. The first-order valence-corrected chi connectivity index (χ1v) is 6.63. The molecule has 1 aromatic rings. The van der Waals surface area contributed by atoms with E-state index in [-0.39, 0.29) is 6.10 Å². The second-order valence-electron chi connectivity index (χ2n) is 5.08. The summed E-state index contributed by atoms with van der Waals surface area (Å²) < 4.78 is 2.04. The van der Waals surface area contributed by atoms with Crippen molar-refractivity contribution >= 4 is 0 Å². The quantitative estimate of drug-likeness (QED) is 0.868. The van der Waals surface area contributed by atoms with Gasteiger partial charge in [0.15, 0.2) is 0 Å². The molecular weight excluding hydrogens is 214 g/mol. The van der Waals surface area contributed by atoms with Gasteiger partial charge in [0.25, 0.3) is 0 Å². The second-order valence-corrected chi connectivity index (χ2v) is 5.08. The van der Waals surface area contributed by atoms with Crippen LogP contribution in [-0.4, -0.2) is 39.0 Å². The van der Waals surface area contributed by atoms with Gasteiger partial charge in [0, 0.05) is 25.3 Å². The highest BCUT2D eigenvalue weighted by Gasteiger charge is 2.18. The molecule has 1 saturated heterocycles. The molecule has 0 radical (unpaired) electrons. The topological polar surface area (TPSA) is 41.3 Å². The van der Waals surface area contributed by atoms with E-state index in [2.05, 4.69) is 36.1 Å². The van der Waals surface area contributed by atoms with Crippen molar-refractivity contribution < 1.29 is 5.11 Å². The maximum absolute atomic E-state index is 9.62. The third kappa shape index (κ3) is 3.30. The number of nitrogens with zero attached hydrogens (tertiary/aromatic N) is 3. The molecular formula is C13H23N3O. The lowest BCUT2D eigenvalue weighted by atomic mass is 10.1. The molecule has 1 fully saturated rings. The van der Waals surface area contributed by atoms with E-state index in [1.165, 1.54) is 0 Å². The molecule has 4 heteroatoms. The van der Waals surface area contributed by atoms with Crippen LogP contribution in [-0.2, 0) is 6.54 Å². The van der Waals surface area contributed by atoms with Gasteiger partial charge in [-0.1, -0.05) is 6.92 Å². The van der Waals surface area contributed by atoms with Crippen LogP contribution in [0.3, 0.4) is 0 Å². The Kier molecular flexibility index (Phi) is 4.18. The van der Waals surface area contributed by atoms with Crippen LogP contribution in [0.15, 0.2) is 12.3 Å². The lowest BCUT2D eigenvalue weighted by Crippen LogP contribution is -2.37. The van der Waals surface area contributed by atoms with Crippen LogP contribution in [0, 0.1) is 0 Å². The number of rotatable bonds is 4. The summed E-state index contributed by atoms with van der Waals surface area (Å²) in [6, 6.07) is 2.56. The summed E-state index contributed by atoms with van der Waals surface area (Å²) in [4.78, 5) is 2.29. The first kappa shape index (κ1) is 12.6. The Hall–Kier alpha value is -0.870. The zero-order chi connectivity index (χ0) is 12.3. The fraction of sp³-hybridized carbons (Fsp3) is 0.769. The van der Waals surface area contributed by atoms with Gasteiger partial charge in [-0.15, -0.1) is 0 Å². The molecule has 1 aliphatic heterocycles. The van der Waals surface area contributed by atoms with Gasteiger partial charge in [0.2, 0.25) is 0 Å². The molecule has 2 atom stereocenters. The molecule has 2 rings (SSSR count). The van der Waals surface area contributed by atoms with E-state index in [9.17, 15) is 5.11 Å². The van der Waals surface area contributed by atoms with Crippen LogP contribution < -0.4 is 0 Å². The van der Waals surface area contributed by atoms with Gasteiger partial charge in [-0.25, -0.2) is 0 Å². The first-order valence-electron chi connectivity index (χ1n) is 6.63. The Morgan fingerprint density at radius 2 is 2.41 bits per heavy atom. The highest BCUT2D eigenvalue weighted by atomic mass is 16.3. The van der Waals surface area contributed by atoms with Crippen LogP contribution in [0.2, 0.25) is 0 Å². The average Bonchev–Trinajstić information content (AvgIpc) is 2.76. The van der Waals surface area contributed by atoms with E-state index in [4.69, 9.17) is 0 Å². The molecule has 4 nitrogen and oxygen atoms in total. The maximum atomic E-state index is 9.62. The summed E-state index contributed by atoms with van der Waals surface area (Å²) in [5, 5.41) is 14.2. The Balaban J connectivity index is 1.92. The summed E-state index contributed by atoms with van der Waals surface area (Å²) in [5.74, 6) is 0. The smallest absolute Gasteiger partial charge is 0.0764 e. The molecule has 1 N–H and O–H groups in total. The standard InChI is InChI=1S/C13H23N3O/c1-3-11(2)16-8-6-12(14-16)9-15-7-4-5-13(17)10-15/h6,8,11,13,17H,3-5,7,9-10H2,1-2H3. The number of aromatic nitrogens is 2. The van der Waals surface area contributed by atoms with Crippen LogP contribution in [0.4, 0.5) is 0 Å². The average molecular weight is 237 g/mol. The van der Waals surface area contributed by atoms with Gasteiger partial charge in [0.1, 0.15) is 0 Å². The summed E-state index contributed by atoms with van der Waals surface area (Å²) in [7, 11) is 0. The fourth-order valence-electron chi connectivity index (χ4n) is 2.30. The third-order valence-electron chi connectivity index (χ3n) is 3.57. The number of aliphatic hydroxyl groups is 1. The minimum atomic E-state index is -0.152. The van der Waals surface area contributed by atoms with Crippen molar-refractivity contribution in [1.82, 2.24) is 14.7 Å². The Labute approximate surface area is 103 Å². The minimum absolute atomic E-state index is 0.152. The van der Waals surface area contributed by atoms with Crippen LogP contribution in [0.1, 0.15) is 44.8 Å². The van der Waals surface area contributed by atoms with Crippen molar-refractivity contribution in [1.29, 1.82) is 0 Å². The number of hydrogen-bond acceptors (Lipinski definition) is 3. The van der Waals surface area contributed by atoms with E-state index in [1.807, 2.05) is 4.68 Å². The van der Waals surface area contributed by atoms with E-state index >= 15 is 0 Å². The number of β-amino-alcohol motifs (C(OH)–C–C–N with tert-alkyl or cyclic N) is 1. The summed E-state index contributed by atoms with van der Waals surface area (Å²) >= 11 is 0. The normalized spacial score (nSPS) is 23.8. The van der Waals surface area contributed by atoms with E-state index < -0.39 is 0 Å². The zero-order valence-electron chi connectivity index (χ0n) is 10.8. The largest absolute Gasteiger partial charge is 0.392 e. The third-order valence-corrected chi connectivity index (χ3v) is 3.57. The molecule has 2 heterocycles. The summed E-state index contributed by atoms with van der Waals surface area (Å²) in [6.45, 7) is 7.08. The molecule has 2 unspecified atom stereocenters. The minimum Gasteiger partial charge on any atom is -0.392 e. The number of aliphatic hydroxyl groups excluding tert-OH is 1. The van der Waals surface area contributed by atoms with E-state index in [0.29, 0.717) is 6.04 Å². The van der Waals surface area contributed by atoms with Crippen molar-refractivity contribution in [2.75, 3.05) is 13.1 Å². The maximum Gasteiger partial charge on any atom is 0.0764 e. The number of hydrogen-bond donors (Lipinski definition) is 1. The second kappa shape index (κ2) is 5.65. The molecule has 17 heavy (non-hydrogen) atoms. The van der Waals surface area contributed by atoms with Gasteiger partial charge in [-0.3, -0.25) is 9.58 Å². The molecule has 1 aromatic heterocycles. The molecule has 96 valence electrons. The van der Waals surface area contributed by atoms with Gasteiger partial charge in [0.05, 0.1) is 11.8 Å². The highest BCUT2D eigenvalue weighted by Crippen LogP contribution is 2.14. The lowest BCUT2D eigenvalue weighted by molar-refractivity contribution is 0.0660. The molecule has 0 bridgehead atoms. The number of piperidine rings is 1. The molecule has 0 aliphatic carbocycles. The Morgan fingerprint density at radius 1 is 1.59 bits per heavy atom. The van der Waals surface area contributed by atoms with Crippen molar-refractivity contribution in [3.63, 3.8) is 0 Å². The number of likely N-dealkylation sites (tertiary alicyclic amines) is 1. The van der Waals surface area contributed by atoms with Crippen LogP contribution >= 0.6 is 0 Å². The van der Waals surface area contributed by atoms with Crippen molar-refractivity contribution in [3.05, 3.63) is 18.0 Å². The molecule has 0 aromatic carbocycles. The monoisotopic (exact) mass is 237 g/mol. The first-order chi connectivity index (χ1) is 8.19. The van der Waals surface area contributed by atoms with E-state index in [1.54, 1.807) is 0 Å². The van der Waals surface area contributed by atoms with Crippen molar-refractivity contribution in [2.45, 2.75) is 51.8 Å². The summed E-state index contributed by atoms with van der Waals surface area (Å²) in [6.07, 6.45) is 5.04. The predicted octanol–water partition coefficient (Wildman–Crippen LogP) is 1.81. The van der Waals surface area contributed by atoms with Gasteiger partial charge < -0.3 is 5.11 Å². The summed E-state index contributed by atoms with van der Waals surface area (Å²) in [5.41, 5.74) is 1.11. The highest BCUT2D eigenvalue weighted by molar-refractivity contribution is 5.00. The van der Waals surface area contributed by atoms with Crippen molar-refractivity contribution in [2.24, 2.45) is 0 Å². The molecule has 0 amide bonds. The van der Waals surface area contributed by atoms with Gasteiger partial charge in [-0.2, -0.15) is 5.10 Å². The Morgan fingerprint density at radius 3 is 3.12 bits per heavy atom. The molecule has 0 spiro atoms. The molecule has 0 saturated carbocycles. The van der Waals surface area contributed by atoms with Crippen molar-refractivity contribution in [3.8, 4) is 0 Å². The predicted molar refractivity (Wildman–Crippen MR) is 67.7 cm³/mol. The SMILES string of the molecule is CCC(C)n1ccc(CN2CCCC(O)C2)n1. The molecule has 1 aliphatic rings. The Bertz CT molecular complexity index is 350. The lowest BCUT2D eigenvalue weighted by Gasteiger charge is -2.29. The van der Waals surface area contributed by atoms with Crippen LogP contribution in [0.5, 0.6) is 0 Å². The van der Waals surface area contributed by atoms with Crippen LogP contribution in [0.25, 0.3) is 0 Å². The zero-order valence-corrected chi connectivity index (χ0v) is 10.8. The van der Waals surface area contributed by atoms with E-state index in [0.717, 1.165) is 44.6 Å². The van der Waals surface area contributed by atoms with Gasteiger partial charge >= 0.3 is 0 Å².